The molecule has 0 aromatic heterocycles. The Morgan fingerprint density at radius 1 is 1.57 bits per heavy atom. The minimum Gasteiger partial charge on any atom is -0.395 e. The van der Waals surface area contributed by atoms with Crippen LogP contribution in [0.15, 0.2) is 10.7 Å². The average Bonchev–Trinajstić information content (AvgIpc) is 2.17. The quantitative estimate of drug-likeness (QED) is 0.447. The van der Waals surface area contributed by atoms with Gasteiger partial charge in [0.05, 0.1) is 17.8 Å². The Bertz CT molecular complexity index is 230. The number of hydrogen-bond donors (Lipinski definition) is 2. The first-order valence-corrected chi connectivity index (χ1v) is 5.41. The van der Waals surface area contributed by atoms with Crippen LogP contribution in [0.3, 0.4) is 0 Å². The molecule has 0 atom stereocenters. The molecule has 3 nitrogen and oxygen atoms in total. The Labute approximate surface area is 94.3 Å². The lowest BCUT2D eigenvalue weighted by Gasteiger charge is -2.17. The SMILES string of the molecule is CC/C=C(/Br)N(C)NCC#CCCO. The van der Waals surface area contributed by atoms with Crippen LogP contribution in [0.1, 0.15) is 19.8 Å². The van der Waals surface area contributed by atoms with E-state index in [4.69, 9.17) is 5.11 Å². The number of aliphatic hydroxyl groups is 1. The first-order chi connectivity index (χ1) is 6.72. The second-order valence-corrected chi connectivity index (χ2v) is 3.47. The molecule has 4 heteroatoms. The fourth-order valence-corrected chi connectivity index (χ4v) is 1.19. The van der Waals surface area contributed by atoms with Crippen molar-refractivity contribution in [2.24, 2.45) is 0 Å². The summed E-state index contributed by atoms with van der Waals surface area (Å²) in [7, 11) is 1.92. The van der Waals surface area contributed by atoms with E-state index in [2.05, 4.69) is 46.2 Å². The van der Waals surface area contributed by atoms with Gasteiger partial charge in [-0.25, -0.2) is 5.43 Å². The molecular weight excluding hydrogens is 244 g/mol. The van der Waals surface area contributed by atoms with Gasteiger partial charge in [0, 0.05) is 13.5 Å². The summed E-state index contributed by atoms with van der Waals surface area (Å²) in [6.45, 7) is 2.79. The van der Waals surface area contributed by atoms with Crippen LogP contribution in [-0.2, 0) is 0 Å². The van der Waals surface area contributed by atoms with Gasteiger partial charge in [0.25, 0.3) is 0 Å². The molecule has 2 N–H and O–H groups in total. The normalized spacial score (nSPS) is 10.7. The van der Waals surface area contributed by atoms with E-state index in [9.17, 15) is 0 Å². The van der Waals surface area contributed by atoms with E-state index in [1.807, 2.05) is 12.1 Å². The molecule has 0 rings (SSSR count). The van der Waals surface area contributed by atoms with E-state index in [1.165, 1.54) is 0 Å². The smallest absolute Gasteiger partial charge is 0.0905 e. The zero-order valence-corrected chi connectivity index (χ0v) is 10.3. The van der Waals surface area contributed by atoms with Gasteiger partial charge in [-0.1, -0.05) is 24.8 Å². The van der Waals surface area contributed by atoms with Crippen molar-refractivity contribution in [3.05, 3.63) is 10.7 Å². The summed E-state index contributed by atoms with van der Waals surface area (Å²) >= 11 is 3.42. The summed E-state index contributed by atoms with van der Waals surface area (Å²) in [6.07, 6.45) is 3.59. The Morgan fingerprint density at radius 3 is 2.86 bits per heavy atom. The van der Waals surface area contributed by atoms with Gasteiger partial charge in [0.2, 0.25) is 0 Å². The number of rotatable bonds is 5. The summed E-state index contributed by atoms with van der Waals surface area (Å²) in [5.74, 6) is 5.74. The van der Waals surface area contributed by atoms with Crippen LogP contribution in [0.25, 0.3) is 0 Å². The van der Waals surface area contributed by atoms with Crippen molar-refractivity contribution < 1.29 is 5.11 Å². The lowest BCUT2D eigenvalue weighted by atomic mass is 10.4. The van der Waals surface area contributed by atoms with Gasteiger partial charge in [-0.15, -0.1) is 0 Å². The molecule has 0 amide bonds. The number of halogens is 1. The van der Waals surface area contributed by atoms with Gasteiger partial charge in [-0.3, -0.25) is 0 Å². The molecule has 0 heterocycles. The predicted molar refractivity (Wildman–Crippen MR) is 62.5 cm³/mol. The van der Waals surface area contributed by atoms with E-state index in [0.717, 1.165) is 11.0 Å². The van der Waals surface area contributed by atoms with Crippen molar-refractivity contribution in [2.45, 2.75) is 19.8 Å². The van der Waals surface area contributed by atoms with Crippen LogP contribution >= 0.6 is 15.9 Å². The third-order valence-corrected chi connectivity index (χ3v) is 2.32. The Balaban J connectivity index is 3.70. The molecule has 0 saturated heterocycles. The standard InChI is InChI=1S/C10H17BrN2O/c1-3-7-10(11)13(2)12-8-5-4-6-9-14/h7,12,14H,3,6,8-9H2,1-2H3/b10-7-. The van der Waals surface area contributed by atoms with Crippen LogP contribution in [0.5, 0.6) is 0 Å². The van der Waals surface area contributed by atoms with Gasteiger partial charge < -0.3 is 10.1 Å². The Morgan fingerprint density at radius 2 is 2.29 bits per heavy atom. The minimum atomic E-state index is 0.127. The number of allylic oxidation sites excluding steroid dienone is 1. The topological polar surface area (TPSA) is 35.5 Å². The van der Waals surface area contributed by atoms with E-state index in [-0.39, 0.29) is 6.61 Å². The fourth-order valence-electron chi connectivity index (χ4n) is 0.746. The van der Waals surface area contributed by atoms with Gasteiger partial charge in [0.15, 0.2) is 0 Å². The van der Waals surface area contributed by atoms with Gasteiger partial charge in [-0.2, -0.15) is 0 Å². The van der Waals surface area contributed by atoms with E-state index < -0.39 is 0 Å². The molecule has 0 radical (unpaired) electrons. The molecule has 80 valence electrons. The van der Waals surface area contributed by atoms with Crippen molar-refractivity contribution in [3.8, 4) is 11.8 Å². The molecular formula is C10H17BrN2O. The van der Waals surface area contributed by atoms with E-state index in [0.29, 0.717) is 13.0 Å². The van der Waals surface area contributed by atoms with Crippen molar-refractivity contribution >= 4 is 15.9 Å². The average molecular weight is 261 g/mol. The highest BCUT2D eigenvalue weighted by atomic mass is 79.9. The summed E-state index contributed by atoms with van der Waals surface area (Å²) < 4.78 is 1.00. The molecule has 0 unspecified atom stereocenters. The van der Waals surface area contributed by atoms with Crippen LogP contribution in [0.4, 0.5) is 0 Å². The molecule has 0 aliphatic rings. The van der Waals surface area contributed by atoms with E-state index >= 15 is 0 Å². The molecule has 0 aromatic rings. The largest absolute Gasteiger partial charge is 0.395 e. The first kappa shape index (κ1) is 13.5. The lowest BCUT2D eigenvalue weighted by molar-refractivity contribution is 0.305. The molecule has 0 saturated carbocycles. The van der Waals surface area contributed by atoms with Crippen LogP contribution in [-0.4, -0.2) is 30.3 Å². The molecule has 0 aliphatic heterocycles. The van der Waals surface area contributed by atoms with Crippen molar-refractivity contribution in [1.29, 1.82) is 0 Å². The third kappa shape index (κ3) is 6.96. The Kier molecular flexibility index (Phi) is 8.75. The van der Waals surface area contributed by atoms with E-state index in [1.54, 1.807) is 0 Å². The highest BCUT2D eigenvalue weighted by Crippen LogP contribution is 2.07. The summed E-state index contributed by atoms with van der Waals surface area (Å²) in [6, 6.07) is 0. The highest BCUT2D eigenvalue weighted by Gasteiger charge is 1.96. The van der Waals surface area contributed by atoms with Crippen molar-refractivity contribution in [1.82, 2.24) is 10.4 Å². The minimum absolute atomic E-state index is 0.127. The Hall–Kier alpha value is -0.500. The maximum atomic E-state index is 8.48. The number of hydrogen-bond acceptors (Lipinski definition) is 3. The first-order valence-electron chi connectivity index (χ1n) is 4.61. The van der Waals surface area contributed by atoms with Gasteiger partial charge in [0.1, 0.15) is 0 Å². The van der Waals surface area contributed by atoms with Crippen molar-refractivity contribution in [3.63, 3.8) is 0 Å². The van der Waals surface area contributed by atoms with Crippen molar-refractivity contribution in [2.75, 3.05) is 20.2 Å². The predicted octanol–water partition coefficient (Wildman–Crippen LogP) is 1.45. The second-order valence-electron chi connectivity index (χ2n) is 2.66. The molecule has 0 spiro atoms. The monoisotopic (exact) mass is 260 g/mol. The molecule has 0 aromatic carbocycles. The molecule has 0 aliphatic carbocycles. The number of hydrazine groups is 1. The number of nitrogens with one attached hydrogen (secondary N) is 1. The summed E-state index contributed by atoms with van der Waals surface area (Å²) in [5, 5.41) is 10.4. The molecule has 0 bridgehead atoms. The number of nitrogens with zero attached hydrogens (tertiary/aromatic N) is 1. The lowest BCUT2D eigenvalue weighted by Crippen LogP contribution is -2.32. The van der Waals surface area contributed by atoms with Gasteiger partial charge >= 0.3 is 0 Å². The molecule has 0 fully saturated rings. The van der Waals surface area contributed by atoms with Gasteiger partial charge in [-0.05, 0) is 22.4 Å². The van der Waals surface area contributed by atoms with Crippen LogP contribution in [0.2, 0.25) is 0 Å². The third-order valence-electron chi connectivity index (χ3n) is 1.46. The maximum absolute atomic E-state index is 8.48. The maximum Gasteiger partial charge on any atom is 0.0905 e. The highest BCUT2D eigenvalue weighted by molar-refractivity contribution is 9.11. The zero-order chi connectivity index (χ0) is 10.8. The second kappa shape index (κ2) is 9.07. The zero-order valence-electron chi connectivity index (χ0n) is 8.68. The number of aliphatic hydroxyl groups excluding tert-OH is 1. The fraction of sp³-hybridized carbons (Fsp3) is 0.600. The molecule has 14 heavy (non-hydrogen) atoms. The summed E-state index contributed by atoms with van der Waals surface area (Å²) in [5.41, 5.74) is 3.09. The summed E-state index contributed by atoms with van der Waals surface area (Å²) in [4.78, 5) is 0. The van der Waals surface area contributed by atoms with Crippen LogP contribution < -0.4 is 5.43 Å². The van der Waals surface area contributed by atoms with Crippen LogP contribution in [0, 0.1) is 11.8 Å².